The second-order valence-electron chi connectivity index (χ2n) is 5.65. The lowest BCUT2D eigenvalue weighted by atomic mass is 9.74. The summed E-state index contributed by atoms with van der Waals surface area (Å²) in [5, 5.41) is 0. The van der Waals surface area contributed by atoms with Crippen LogP contribution in [0.3, 0.4) is 0 Å². The topological polar surface area (TPSA) is 3.24 Å². The van der Waals surface area contributed by atoms with E-state index in [4.69, 9.17) is 0 Å². The van der Waals surface area contributed by atoms with Gasteiger partial charge in [-0.15, -0.1) is 24.0 Å². The van der Waals surface area contributed by atoms with Gasteiger partial charge in [-0.3, -0.25) is 0 Å². The van der Waals surface area contributed by atoms with Crippen LogP contribution in [0.1, 0.15) is 38.5 Å². The SMILES string of the molecule is CN(C)[C@@]12CCC[C@H]1[C@@H]1CC[C@@H]2C1.I. The van der Waals surface area contributed by atoms with Gasteiger partial charge in [-0.1, -0.05) is 6.42 Å². The number of fused-ring (bicyclic) bond motifs is 5. The Kier molecular flexibility index (Phi) is 2.89. The van der Waals surface area contributed by atoms with Crippen LogP contribution in [0.2, 0.25) is 0 Å². The van der Waals surface area contributed by atoms with Crippen molar-refractivity contribution in [1.82, 2.24) is 4.90 Å². The third-order valence-corrected chi connectivity index (χ3v) is 5.32. The fourth-order valence-electron chi connectivity index (χ4n) is 4.95. The molecule has 3 saturated carbocycles. The van der Waals surface area contributed by atoms with Crippen molar-refractivity contribution in [2.24, 2.45) is 17.8 Å². The molecule has 0 heterocycles. The van der Waals surface area contributed by atoms with Crippen molar-refractivity contribution in [3.63, 3.8) is 0 Å². The standard InChI is InChI=1S/C12H21N.HI/c1-13(2)12-7-3-4-11(12)9-5-6-10(12)8-9;/h9-11H,3-8H2,1-2H3;1H/t9-,10-,11+,12-;/m1./s1. The van der Waals surface area contributed by atoms with Crippen LogP contribution in [-0.2, 0) is 0 Å². The molecular weight excluding hydrogens is 285 g/mol. The molecule has 2 bridgehead atoms. The van der Waals surface area contributed by atoms with Crippen molar-refractivity contribution in [3.8, 4) is 0 Å². The Balaban J connectivity index is 0.000000750. The van der Waals surface area contributed by atoms with Gasteiger partial charge in [0.25, 0.3) is 0 Å². The minimum atomic E-state index is 0. The van der Waals surface area contributed by atoms with Crippen molar-refractivity contribution >= 4 is 24.0 Å². The normalized spacial score (nSPS) is 49.5. The third-order valence-electron chi connectivity index (χ3n) is 5.32. The lowest BCUT2D eigenvalue weighted by Crippen LogP contribution is -2.51. The number of halogens is 1. The van der Waals surface area contributed by atoms with E-state index in [1.54, 1.807) is 12.8 Å². The summed E-state index contributed by atoms with van der Waals surface area (Å²) in [5.74, 6) is 3.23. The smallest absolute Gasteiger partial charge is 0.0262 e. The monoisotopic (exact) mass is 307 g/mol. The maximum atomic E-state index is 2.58. The van der Waals surface area contributed by atoms with Gasteiger partial charge in [0, 0.05) is 5.54 Å². The summed E-state index contributed by atoms with van der Waals surface area (Å²) in [4.78, 5) is 2.58. The average Bonchev–Trinajstić information content (AvgIpc) is 2.76. The second kappa shape index (κ2) is 3.62. The van der Waals surface area contributed by atoms with Crippen LogP contribution < -0.4 is 0 Å². The predicted molar refractivity (Wildman–Crippen MR) is 70.0 cm³/mol. The molecule has 2 heteroatoms. The van der Waals surface area contributed by atoms with Crippen molar-refractivity contribution < 1.29 is 0 Å². The zero-order chi connectivity index (χ0) is 9.05. The molecule has 0 unspecified atom stereocenters. The van der Waals surface area contributed by atoms with Gasteiger partial charge >= 0.3 is 0 Å². The van der Waals surface area contributed by atoms with Crippen LogP contribution in [0.25, 0.3) is 0 Å². The van der Waals surface area contributed by atoms with E-state index in [2.05, 4.69) is 19.0 Å². The number of hydrogen-bond donors (Lipinski definition) is 0. The summed E-state index contributed by atoms with van der Waals surface area (Å²) < 4.78 is 0. The number of rotatable bonds is 1. The first-order chi connectivity index (χ1) is 6.25. The molecule has 0 aromatic carbocycles. The van der Waals surface area contributed by atoms with Gasteiger partial charge in [0.2, 0.25) is 0 Å². The third kappa shape index (κ3) is 1.16. The Bertz CT molecular complexity index is 228. The molecule has 3 rings (SSSR count). The van der Waals surface area contributed by atoms with Crippen LogP contribution >= 0.6 is 24.0 Å². The van der Waals surface area contributed by atoms with Gasteiger partial charge in [-0.25, -0.2) is 0 Å². The van der Waals surface area contributed by atoms with Crippen molar-refractivity contribution in [2.75, 3.05) is 14.1 Å². The maximum absolute atomic E-state index is 2.58. The highest BCUT2D eigenvalue weighted by molar-refractivity contribution is 14.0. The van der Waals surface area contributed by atoms with E-state index >= 15 is 0 Å². The Morgan fingerprint density at radius 1 is 1.14 bits per heavy atom. The summed E-state index contributed by atoms with van der Waals surface area (Å²) in [6.45, 7) is 0. The maximum Gasteiger partial charge on any atom is 0.0262 e. The molecule has 14 heavy (non-hydrogen) atoms. The first-order valence-corrected chi connectivity index (χ1v) is 5.92. The van der Waals surface area contributed by atoms with E-state index in [-0.39, 0.29) is 24.0 Å². The lowest BCUT2D eigenvalue weighted by molar-refractivity contribution is 0.0487. The minimum Gasteiger partial charge on any atom is -0.303 e. The Hall–Kier alpha value is 0.690. The molecule has 3 aliphatic carbocycles. The van der Waals surface area contributed by atoms with E-state index in [0.29, 0.717) is 5.54 Å². The molecule has 0 radical (unpaired) electrons. The van der Waals surface area contributed by atoms with Crippen molar-refractivity contribution in [3.05, 3.63) is 0 Å². The predicted octanol–water partition coefficient (Wildman–Crippen LogP) is 3.13. The molecule has 1 nitrogen and oxygen atoms in total. The fourth-order valence-corrected chi connectivity index (χ4v) is 4.95. The Morgan fingerprint density at radius 2 is 1.93 bits per heavy atom. The Morgan fingerprint density at radius 3 is 2.57 bits per heavy atom. The molecule has 0 amide bonds. The molecule has 0 N–H and O–H groups in total. The quantitative estimate of drug-likeness (QED) is 0.673. The fraction of sp³-hybridized carbons (Fsp3) is 1.00. The van der Waals surface area contributed by atoms with Gasteiger partial charge < -0.3 is 4.90 Å². The zero-order valence-corrected chi connectivity index (χ0v) is 11.7. The van der Waals surface area contributed by atoms with Gasteiger partial charge in [0.15, 0.2) is 0 Å². The number of hydrogen-bond acceptors (Lipinski definition) is 1. The van der Waals surface area contributed by atoms with Crippen LogP contribution in [0.15, 0.2) is 0 Å². The number of nitrogens with zero attached hydrogens (tertiary/aromatic N) is 1. The summed E-state index contributed by atoms with van der Waals surface area (Å²) in [7, 11) is 4.64. The van der Waals surface area contributed by atoms with E-state index in [9.17, 15) is 0 Å². The first-order valence-electron chi connectivity index (χ1n) is 5.92. The molecule has 3 aliphatic rings. The highest BCUT2D eigenvalue weighted by Gasteiger charge is 2.60. The van der Waals surface area contributed by atoms with E-state index in [1.807, 2.05) is 0 Å². The highest BCUT2D eigenvalue weighted by atomic mass is 127. The van der Waals surface area contributed by atoms with E-state index in [0.717, 1.165) is 17.8 Å². The van der Waals surface area contributed by atoms with Crippen LogP contribution in [0.5, 0.6) is 0 Å². The van der Waals surface area contributed by atoms with Gasteiger partial charge in [-0.2, -0.15) is 0 Å². The van der Waals surface area contributed by atoms with Gasteiger partial charge in [-0.05, 0) is 64.0 Å². The summed E-state index contributed by atoms with van der Waals surface area (Å²) >= 11 is 0. The first kappa shape index (κ1) is 11.2. The molecule has 4 atom stereocenters. The molecule has 0 aliphatic heterocycles. The van der Waals surface area contributed by atoms with Crippen molar-refractivity contribution in [2.45, 2.75) is 44.1 Å². The van der Waals surface area contributed by atoms with Crippen LogP contribution in [0.4, 0.5) is 0 Å². The summed E-state index contributed by atoms with van der Waals surface area (Å²) in [5.41, 5.74) is 0.656. The lowest BCUT2D eigenvalue weighted by Gasteiger charge is -2.45. The van der Waals surface area contributed by atoms with Crippen LogP contribution in [-0.4, -0.2) is 24.5 Å². The second-order valence-corrected chi connectivity index (χ2v) is 5.65. The molecule has 82 valence electrons. The van der Waals surface area contributed by atoms with Gasteiger partial charge in [0.05, 0.1) is 0 Å². The molecule has 0 aromatic rings. The molecule has 0 spiro atoms. The van der Waals surface area contributed by atoms with Gasteiger partial charge in [0.1, 0.15) is 0 Å². The average molecular weight is 307 g/mol. The van der Waals surface area contributed by atoms with Crippen molar-refractivity contribution in [1.29, 1.82) is 0 Å². The zero-order valence-electron chi connectivity index (χ0n) is 9.33. The summed E-state index contributed by atoms with van der Waals surface area (Å²) in [6.07, 6.45) is 9.15. The molecular formula is C12H22IN. The Labute approximate surface area is 105 Å². The largest absolute Gasteiger partial charge is 0.303 e. The van der Waals surface area contributed by atoms with Crippen LogP contribution in [0, 0.1) is 17.8 Å². The minimum absolute atomic E-state index is 0. The molecule has 0 aromatic heterocycles. The van der Waals surface area contributed by atoms with E-state index in [1.165, 1.54) is 25.7 Å². The molecule has 3 fully saturated rings. The molecule has 0 saturated heterocycles. The highest BCUT2D eigenvalue weighted by Crippen LogP contribution is 2.62. The summed E-state index contributed by atoms with van der Waals surface area (Å²) in [6, 6.07) is 0. The van der Waals surface area contributed by atoms with E-state index < -0.39 is 0 Å².